The highest BCUT2D eigenvalue weighted by atomic mass is 32.2. The van der Waals surface area contributed by atoms with Crippen molar-refractivity contribution in [3.05, 3.63) is 29.3 Å². The molecule has 2 atom stereocenters. The minimum absolute atomic E-state index is 0.108. The molecule has 2 N–H and O–H groups in total. The summed E-state index contributed by atoms with van der Waals surface area (Å²) in [7, 11) is -4.36. The molecule has 2 fully saturated rings. The average molecular weight is 336 g/mol. The fourth-order valence-electron chi connectivity index (χ4n) is 4.07. The van der Waals surface area contributed by atoms with Crippen molar-refractivity contribution in [3.63, 3.8) is 0 Å². The molecule has 2 aliphatic carbocycles. The summed E-state index contributed by atoms with van der Waals surface area (Å²) in [6, 6.07) is 3.61. The third-order valence-corrected chi connectivity index (χ3v) is 6.83. The van der Waals surface area contributed by atoms with E-state index in [1.165, 1.54) is 12.1 Å². The Labute approximate surface area is 135 Å². The van der Waals surface area contributed by atoms with Gasteiger partial charge >= 0.3 is 0 Å². The van der Waals surface area contributed by atoms with Gasteiger partial charge in [0, 0.05) is 22.6 Å². The first-order valence-electron chi connectivity index (χ1n) is 7.55. The van der Waals surface area contributed by atoms with E-state index in [2.05, 4.69) is 13.8 Å². The van der Waals surface area contributed by atoms with Gasteiger partial charge in [0.2, 0.25) is 0 Å². The molecule has 0 aliphatic heterocycles. The summed E-state index contributed by atoms with van der Waals surface area (Å²) in [6.45, 7) is 6.20. The van der Waals surface area contributed by atoms with Gasteiger partial charge in [-0.15, -0.1) is 0 Å². The van der Waals surface area contributed by atoms with Crippen molar-refractivity contribution in [2.75, 3.05) is 0 Å². The van der Waals surface area contributed by atoms with Crippen LogP contribution < -0.4 is 0 Å². The molecule has 2 bridgehead atoms. The number of Topliss-reactive ketones (excluding diaryl/α,β-unsaturated/α-hetero) is 1. The molecule has 23 heavy (non-hydrogen) atoms. The molecule has 0 radical (unpaired) electrons. The Morgan fingerprint density at radius 1 is 1.26 bits per heavy atom. The molecule has 2 saturated carbocycles. The number of hydrogen-bond acceptors (Lipinski definition) is 4. The molecule has 5 nitrogen and oxygen atoms in total. The molecule has 0 saturated heterocycles. The van der Waals surface area contributed by atoms with Crippen molar-refractivity contribution in [2.24, 2.45) is 16.7 Å². The van der Waals surface area contributed by atoms with E-state index in [9.17, 15) is 18.3 Å². The molecule has 2 unspecified atom stereocenters. The Kier molecular flexibility index (Phi) is 3.29. The SMILES string of the molecule is CC12CCC(C(=Cc3ccc(S(=O)(=O)O)cc3O)C1=O)C2(C)C. The second-order valence-corrected chi connectivity index (χ2v) is 8.69. The molecule has 6 heteroatoms. The van der Waals surface area contributed by atoms with Crippen molar-refractivity contribution >= 4 is 22.0 Å². The van der Waals surface area contributed by atoms with Gasteiger partial charge in [0.1, 0.15) is 5.75 Å². The number of allylic oxidation sites excluding steroid dienone is 1. The van der Waals surface area contributed by atoms with E-state index in [0.717, 1.165) is 18.9 Å². The van der Waals surface area contributed by atoms with Crippen molar-refractivity contribution in [1.82, 2.24) is 0 Å². The first kappa shape index (κ1) is 16.2. The maximum Gasteiger partial charge on any atom is 0.294 e. The van der Waals surface area contributed by atoms with Crippen LogP contribution in [0.15, 0.2) is 28.7 Å². The first-order chi connectivity index (χ1) is 10.5. The minimum Gasteiger partial charge on any atom is -0.507 e. The zero-order chi connectivity index (χ0) is 17.2. The number of aromatic hydroxyl groups is 1. The average Bonchev–Trinajstić information content (AvgIpc) is 2.74. The Morgan fingerprint density at radius 2 is 1.91 bits per heavy atom. The fourth-order valence-corrected chi connectivity index (χ4v) is 4.57. The van der Waals surface area contributed by atoms with Gasteiger partial charge in [-0.2, -0.15) is 8.42 Å². The van der Waals surface area contributed by atoms with E-state index < -0.39 is 10.1 Å². The smallest absolute Gasteiger partial charge is 0.294 e. The molecule has 124 valence electrons. The highest BCUT2D eigenvalue weighted by Gasteiger charge is 2.63. The van der Waals surface area contributed by atoms with Crippen LogP contribution in [0.5, 0.6) is 5.75 Å². The number of benzene rings is 1. The fraction of sp³-hybridized carbons (Fsp3) is 0.471. The van der Waals surface area contributed by atoms with E-state index in [1.807, 2.05) is 6.92 Å². The van der Waals surface area contributed by atoms with Gasteiger partial charge in [-0.1, -0.05) is 20.8 Å². The number of carbonyl (C=O) groups excluding carboxylic acids is 1. The number of phenols is 1. The van der Waals surface area contributed by atoms with E-state index in [4.69, 9.17) is 4.55 Å². The third-order valence-electron chi connectivity index (χ3n) is 5.98. The Hall–Kier alpha value is -1.66. The van der Waals surface area contributed by atoms with Crippen LogP contribution in [-0.4, -0.2) is 23.9 Å². The molecule has 0 amide bonds. The molecule has 0 aromatic heterocycles. The van der Waals surface area contributed by atoms with Crippen molar-refractivity contribution in [2.45, 2.75) is 38.5 Å². The maximum absolute atomic E-state index is 12.8. The number of ketones is 1. The van der Waals surface area contributed by atoms with E-state index in [0.29, 0.717) is 11.1 Å². The second kappa shape index (κ2) is 4.68. The number of fused-ring (bicyclic) bond motifs is 2. The van der Waals surface area contributed by atoms with Gasteiger partial charge < -0.3 is 5.11 Å². The van der Waals surface area contributed by atoms with Crippen LogP contribution in [-0.2, 0) is 14.9 Å². The minimum atomic E-state index is -4.36. The second-order valence-electron chi connectivity index (χ2n) is 7.27. The largest absolute Gasteiger partial charge is 0.507 e. The Bertz CT molecular complexity index is 835. The van der Waals surface area contributed by atoms with E-state index >= 15 is 0 Å². The first-order valence-corrected chi connectivity index (χ1v) is 8.99. The van der Waals surface area contributed by atoms with Gasteiger partial charge in [0.05, 0.1) is 4.90 Å². The standard InChI is InChI=1S/C17H20O5S/c1-16(2)13-6-7-17(16,3)15(19)12(13)8-10-4-5-11(9-14(10)18)23(20,21)22/h4-5,8-9,13,18H,6-7H2,1-3H3,(H,20,21,22). The monoisotopic (exact) mass is 336 g/mol. The third kappa shape index (κ3) is 2.16. The van der Waals surface area contributed by atoms with Gasteiger partial charge in [-0.05, 0) is 42.4 Å². The van der Waals surface area contributed by atoms with Crippen molar-refractivity contribution in [1.29, 1.82) is 0 Å². The summed E-state index contributed by atoms with van der Waals surface area (Å²) in [6.07, 6.45) is 3.46. The van der Waals surface area contributed by atoms with Crippen LogP contribution in [0.4, 0.5) is 0 Å². The summed E-state index contributed by atoms with van der Waals surface area (Å²) < 4.78 is 31.2. The van der Waals surface area contributed by atoms with Crippen LogP contribution in [0.25, 0.3) is 6.08 Å². The molecular formula is C17H20O5S. The summed E-state index contributed by atoms with van der Waals surface area (Å²) in [5.74, 6) is -0.0242. The van der Waals surface area contributed by atoms with E-state index in [1.54, 1.807) is 6.08 Å². The number of hydrogen-bond donors (Lipinski definition) is 2. The van der Waals surface area contributed by atoms with Crippen LogP contribution in [0, 0.1) is 16.7 Å². The molecule has 0 spiro atoms. The van der Waals surface area contributed by atoms with Crippen molar-refractivity contribution < 1.29 is 22.9 Å². The quantitative estimate of drug-likeness (QED) is 0.640. The molecule has 0 heterocycles. The number of rotatable bonds is 2. The normalized spacial score (nSPS) is 31.0. The van der Waals surface area contributed by atoms with Gasteiger partial charge in [-0.25, -0.2) is 0 Å². The molecule has 3 rings (SSSR count). The number of carbonyl (C=O) groups is 1. The zero-order valence-corrected chi connectivity index (χ0v) is 14.1. The lowest BCUT2D eigenvalue weighted by Gasteiger charge is -2.31. The maximum atomic E-state index is 12.8. The molecule has 2 aliphatic rings. The molecule has 1 aromatic carbocycles. The molecular weight excluding hydrogens is 316 g/mol. The Morgan fingerprint density at radius 3 is 2.39 bits per heavy atom. The summed E-state index contributed by atoms with van der Waals surface area (Å²) in [4.78, 5) is 12.4. The topological polar surface area (TPSA) is 91.7 Å². The van der Waals surface area contributed by atoms with E-state index in [-0.39, 0.29) is 33.2 Å². The lowest BCUT2D eigenvalue weighted by Crippen LogP contribution is -2.32. The zero-order valence-electron chi connectivity index (χ0n) is 13.3. The number of phenolic OH excluding ortho intramolecular Hbond substituents is 1. The lowest BCUT2D eigenvalue weighted by atomic mass is 9.70. The van der Waals surface area contributed by atoms with Crippen LogP contribution in [0.1, 0.15) is 39.2 Å². The van der Waals surface area contributed by atoms with Crippen LogP contribution in [0.3, 0.4) is 0 Å². The lowest BCUT2D eigenvalue weighted by molar-refractivity contribution is -0.125. The highest BCUT2D eigenvalue weighted by Crippen LogP contribution is 2.65. The van der Waals surface area contributed by atoms with Gasteiger partial charge in [0.15, 0.2) is 5.78 Å². The summed E-state index contributed by atoms with van der Waals surface area (Å²) >= 11 is 0. The van der Waals surface area contributed by atoms with Gasteiger partial charge in [0.25, 0.3) is 10.1 Å². The van der Waals surface area contributed by atoms with Crippen molar-refractivity contribution in [3.8, 4) is 5.75 Å². The highest BCUT2D eigenvalue weighted by molar-refractivity contribution is 7.85. The summed E-state index contributed by atoms with van der Waals surface area (Å²) in [5, 5.41) is 10.0. The summed E-state index contributed by atoms with van der Waals surface area (Å²) in [5.41, 5.74) is 0.569. The van der Waals surface area contributed by atoms with Crippen LogP contribution in [0.2, 0.25) is 0 Å². The predicted molar refractivity (Wildman–Crippen MR) is 85.5 cm³/mol. The predicted octanol–water partition coefficient (Wildman–Crippen LogP) is 3.05. The molecule has 1 aromatic rings. The van der Waals surface area contributed by atoms with Gasteiger partial charge in [-0.3, -0.25) is 9.35 Å². The Balaban J connectivity index is 2.06. The van der Waals surface area contributed by atoms with Crippen LogP contribution >= 0.6 is 0 Å².